The number of benzene rings is 1. The summed E-state index contributed by atoms with van der Waals surface area (Å²) in [4.78, 5) is 3.81. The van der Waals surface area contributed by atoms with E-state index in [9.17, 15) is 8.42 Å². The lowest BCUT2D eigenvalue weighted by molar-refractivity contribution is 0.601. The Labute approximate surface area is 118 Å². The molecule has 0 aliphatic heterocycles. The first kappa shape index (κ1) is 13.3. The Kier molecular flexibility index (Phi) is 3.89. The van der Waals surface area contributed by atoms with Gasteiger partial charge in [-0.15, -0.1) is 0 Å². The molecule has 1 aromatic heterocycles. The molecule has 0 unspecified atom stereocenters. The molecule has 0 radical (unpaired) electrons. The minimum absolute atomic E-state index is 0.0717. The molecule has 0 aliphatic rings. The Hall–Kier alpha value is -1.11. The molecule has 0 saturated heterocycles. The van der Waals surface area contributed by atoms with Gasteiger partial charge in [0.05, 0.1) is 4.90 Å². The maximum Gasteiger partial charge on any atom is 0.262 e. The molecular formula is C11H8BrClN2O2S. The van der Waals surface area contributed by atoms with Gasteiger partial charge in [-0.1, -0.05) is 33.6 Å². The summed E-state index contributed by atoms with van der Waals surface area (Å²) in [6.45, 7) is 0. The number of pyridine rings is 1. The van der Waals surface area contributed by atoms with Gasteiger partial charge in [0.2, 0.25) is 0 Å². The second-order valence-electron chi connectivity index (χ2n) is 3.43. The van der Waals surface area contributed by atoms with Gasteiger partial charge in [-0.2, -0.15) is 0 Å². The lowest BCUT2D eigenvalue weighted by Crippen LogP contribution is -2.12. The molecule has 0 fully saturated rings. The summed E-state index contributed by atoms with van der Waals surface area (Å²) in [5, 5.41) is 0.132. The zero-order chi connectivity index (χ0) is 13.2. The highest BCUT2D eigenvalue weighted by atomic mass is 79.9. The quantitative estimate of drug-likeness (QED) is 0.867. The topological polar surface area (TPSA) is 59.1 Å². The van der Waals surface area contributed by atoms with Crippen LogP contribution in [0.5, 0.6) is 0 Å². The highest BCUT2D eigenvalue weighted by molar-refractivity contribution is 9.10. The van der Waals surface area contributed by atoms with Crippen molar-refractivity contribution in [3.8, 4) is 0 Å². The fourth-order valence-corrected chi connectivity index (χ4v) is 3.02. The van der Waals surface area contributed by atoms with Crippen molar-refractivity contribution in [3.63, 3.8) is 0 Å². The molecule has 1 aromatic carbocycles. The van der Waals surface area contributed by atoms with E-state index in [1.54, 1.807) is 24.3 Å². The standard InChI is InChI=1S/C11H8BrClN2O2S/c12-8-2-1-3-9(6-8)15-18(16,17)10-4-5-14-11(13)7-10/h1-7,15H. The van der Waals surface area contributed by atoms with Gasteiger partial charge >= 0.3 is 0 Å². The van der Waals surface area contributed by atoms with Crippen LogP contribution in [0, 0.1) is 0 Å². The summed E-state index contributed by atoms with van der Waals surface area (Å²) >= 11 is 8.94. The molecule has 1 heterocycles. The fraction of sp³-hybridized carbons (Fsp3) is 0. The summed E-state index contributed by atoms with van der Waals surface area (Å²) in [7, 11) is -3.65. The maximum atomic E-state index is 12.1. The molecule has 0 amide bonds. The molecule has 18 heavy (non-hydrogen) atoms. The Morgan fingerprint density at radius 2 is 2.00 bits per heavy atom. The van der Waals surface area contributed by atoms with Crippen LogP contribution >= 0.6 is 27.5 Å². The number of rotatable bonds is 3. The summed E-state index contributed by atoms with van der Waals surface area (Å²) in [5.74, 6) is 0. The van der Waals surface area contributed by atoms with Gasteiger partial charge in [0.25, 0.3) is 10.0 Å². The van der Waals surface area contributed by atoms with Crippen molar-refractivity contribution < 1.29 is 8.42 Å². The van der Waals surface area contributed by atoms with Crippen LogP contribution in [0.4, 0.5) is 5.69 Å². The molecule has 1 N–H and O–H groups in total. The highest BCUT2D eigenvalue weighted by Crippen LogP contribution is 2.20. The molecule has 2 rings (SSSR count). The van der Waals surface area contributed by atoms with Crippen LogP contribution in [-0.2, 0) is 10.0 Å². The summed E-state index contributed by atoms with van der Waals surface area (Å²) in [6.07, 6.45) is 1.35. The van der Waals surface area contributed by atoms with Crippen molar-refractivity contribution in [1.29, 1.82) is 0 Å². The van der Waals surface area contributed by atoms with Gasteiger partial charge in [-0.05, 0) is 30.3 Å². The molecule has 0 aliphatic carbocycles. The van der Waals surface area contributed by atoms with E-state index in [0.717, 1.165) is 4.47 Å². The van der Waals surface area contributed by atoms with Gasteiger partial charge in [0.15, 0.2) is 0 Å². The van der Waals surface area contributed by atoms with Crippen molar-refractivity contribution in [2.75, 3.05) is 4.72 Å². The maximum absolute atomic E-state index is 12.1. The average molecular weight is 348 g/mol. The van der Waals surface area contributed by atoms with Gasteiger partial charge in [-0.25, -0.2) is 13.4 Å². The predicted octanol–water partition coefficient (Wildman–Crippen LogP) is 3.30. The third-order valence-electron chi connectivity index (χ3n) is 2.09. The Morgan fingerprint density at radius 1 is 1.22 bits per heavy atom. The molecule has 0 spiro atoms. The van der Waals surface area contributed by atoms with Crippen LogP contribution in [0.25, 0.3) is 0 Å². The second kappa shape index (κ2) is 5.26. The van der Waals surface area contributed by atoms with Crippen LogP contribution in [0.15, 0.2) is 52.0 Å². The lowest BCUT2D eigenvalue weighted by Gasteiger charge is -2.08. The number of nitrogens with one attached hydrogen (secondary N) is 1. The normalized spacial score (nSPS) is 11.2. The van der Waals surface area contributed by atoms with Crippen molar-refractivity contribution in [2.45, 2.75) is 4.90 Å². The van der Waals surface area contributed by atoms with Gasteiger partial charge < -0.3 is 0 Å². The molecule has 4 nitrogen and oxygen atoms in total. The molecule has 7 heteroatoms. The van der Waals surface area contributed by atoms with Gasteiger partial charge in [0, 0.05) is 16.4 Å². The van der Waals surface area contributed by atoms with Crippen molar-refractivity contribution in [2.24, 2.45) is 0 Å². The third kappa shape index (κ3) is 3.22. The molecule has 2 aromatic rings. The van der Waals surface area contributed by atoms with E-state index in [-0.39, 0.29) is 10.0 Å². The largest absolute Gasteiger partial charge is 0.280 e. The molecule has 0 saturated carbocycles. The molecular weight excluding hydrogens is 340 g/mol. The predicted molar refractivity (Wildman–Crippen MR) is 74.2 cm³/mol. The number of nitrogens with zero attached hydrogens (tertiary/aromatic N) is 1. The van der Waals surface area contributed by atoms with Crippen molar-refractivity contribution in [3.05, 3.63) is 52.2 Å². The van der Waals surface area contributed by atoms with E-state index in [1.165, 1.54) is 18.3 Å². The summed E-state index contributed by atoms with van der Waals surface area (Å²) in [5.41, 5.74) is 0.470. The van der Waals surface area contributed by atoms with E-state index in [2.05, 4.69) is 25.6 Å². The van der Waals surface area contributed by atoms with Crippen LogP contribution in [0.1, 0.15) is 0 Å². The smallest absolute Gasteiger partial charge is 0.262 e. The number of halogens is 2. The first-order chi connectivity index (χ1) is 8.47. The molecule has 0 atom stereocenters. The Balaban J connectivity index is 2.33. The van der Waals surface area contributed by atoms with E-state index >= 15 is 0 Å². The van der Waals surface area contributed by atoms with Crippen LogP contribution < -0.4 is 4.72 Å². The zero-order valence-corrected chi connectivity index (χ0v) is 12.1. The van der Waals surface area contributed by atoms with Crippen LogP contribution in [0.3, 0.4) is 0 Å². The number of hydrogen-bond acceptors (Lipinski definition) is 3. The van der Waals surface area contributed by atoms with Gasteiger partial charge in [0.1, 0.15) is 5.15 Å². The SMILES string of the molecule is O=S(=O)(Nc1cccc(Br)c1)c1ccnc(Cl)c1. The molecule has 94 valence electrons. The number of aromatic nitrogens is 1. The summed E-state index contributed by atoms with van der Waals surface area (Å²) in [6, 6.07) is 9.54. The number of anilines is 1. The first-order valence-electron chi connectivity index (χ1n) is 4.87. The minimum atomic E-state index is -3.65. The third-order valence-corrected chi connectivity index (χ3v) is 4.16. The monoisotopic (exact) mass is 346 g/mol. The average Bonchev–Trinajstić information content (AvgIpc) is 2.28. The minimum Gasteiger partial charge on any atom is -0.280 e. The Bertz CT molecular complexity index is 676. The second-order valence-corrected chi connectivity index (χ2v) is 6.42. The Morgan fingerprint density at radius 3 is 2.67 bits per heavy atom. The highest BCUT2D eigenvalue weighted by Gasteiger charge is 2.14. The van der Waals surface area contributed by atoms with E-state index in [1.807, 2.05) is 0 Å². The fourth-order valence-electron chi connectivity index (χ4n) is 1.32. The van der Waals surface area contributed by atoms with Crippen molar-refractivity contribution in [1.82, 2.24) is 4.98 Å². The zero-order valence-electron chi connectivity index (χ0n) is 8.97. The van der Waals surface area contributed by atoms with E-state index in [4.69, 9.17) is 11.6 Å². The van der Waals surface area contributed by atoms with E-state index in [0.29, 0.717) is 5.69 Å². The lowest BCUT2D eigenvalue weighted by atomic mass is 10.3. The summed E-state index contributed by atoms with van der Waals surface area (Å²) < 4.78 is 27.4. The van der Waals surface area contributed by atoms with Crippen LogP contribution in [-0.4, -0.2) is 13.4 Å². The van der Waals surface area contributed by atoms with Gasteiger partial charge in [-0.3, -0.25) is 4.72 Å². The van der Waals surface area contributed by atoms with Crippen LogP contribution in [0.2, 0.25) is 5.15 Å². The first-order valence-corrected chi connectivity index (χ1v) is 7.53. The van der Waals surface area contributed by atoms with E-state index < -0.39 is 10.0 Å². The number of sulfonamides is 1. The number of hydrogen-bond donors (Lipinski definition) is 1. The molecule has 0 bridgehead atoms. The van der Waals surface area contributed by atoms with Crippen molar-refractivity contribution >= 4 is 43.2 Å².